The van der Waals surface area contributed by atoms with Gasteiger partial charge in [0.25, 0.3) is 5.91 Å². The second kappa shape index (κ2) is 6.59. The molecule has 1 N–H and O–H groups in total. The third-order valence-corrected chi connectivity index (χ3v) is 4.97. The van der Waals surface area contributed by atoms with E-state index in [9.17, 15) is 13.2 Å². The largest absolute Gasteiger partial charge is 0.459 e. The maximum Gasteiger partial charge on any atom is 0.287 e. The van der Waals surface area contributed by atoms with Crippen LogP contribution in [0.5, 0.6) is 0 Å². The summed E-state index contributed by atoms with van der Waals surface area (Å²) in [5.74, 6) is -0.390. The van der Waals surface area contributed by atoms with Crippen LogP contribution in [0.4, 0.5) is 0 Å². The molecule has 2 rings (SSSR count). The van der Waals surface area contributed by atoms with Gasteiger partial charge in [0, 0.05) is 19.6 Å². The molecule has 0 unspecified atom stereocenters. The molecular formula is C13H20N2O5S. The molecule has 118 valence electrons. The molecule has 7 nitrogen and oxygen atoms in total. The number of amides is 1. The predicted octanol–water partition coefficient (Wildman–Crippen LogP) is 0.448. The minimum atomic E-state index is -3.41. The summed E-state index contributed by atoms with van der Waals surface area (Å²) >= 11 is 0. The molecule has 0 saturated carbocycles. The molecule has 8 heteroatoms. The lowest BCUT2D eigenvalue weighted by molar-refractivity contribution is -0.0440. The van der Waals surface area contributed by atoms with E-state index in [1.165, 1.54) is 16.6 Å². The third kappa shape index (κ3) is 4.29. The summed E-state index contributed by atoms with van der Waals surface area (Å²) in [6.45, 7) is 4.42. The lowest BCUT2D eigenvalue weighted by Crippen LogP contribution is -2.49. The van der Waals surface area contributed by atoms with Gasteiger partial charge in [-0.1, -0.05) is 0 Å². The monoisotopic (exact) mass is 316 g/mol. The lowest BCUT2D eigenvalue weighted by Gasteiger charge is -2.34. The Kier molecular flexibility index (Phi) is 5.02. The van der Waals surface area contributed by atoms with Crippen LogP contribution in [-0.4, -0.2) is 56.2 Å². The van der Waals surface area contributed by atoms with Gasteiger partial charge in [0.1, 0.15) is 0 Å². The number of carbonyl (C=O) groups excluding carboxylic acids is 1. The first-order valence-electron chi connectivity index (χ1n) is 6.83. The van der Waals surface area contributed by atoms with E-state index in [4.69, 9.17) is 9.15 Å². The lowest BCUT2D eigenvalue weighted by atomic mass is 10.3. The van der Waals surface area contributed by atoms with Crippen LogP contribution in [0.25, 0.3) is 0 Å². The molecule has 1 aromatic heterocycles. The number of hydrogen-bond acceptors (Lipinski definition) is 5. The van der Waals surface area contributed by atoms with Crippen LogP contribution in [0.2, 0.25) is 0 Å². The Bertz CT molecular complexity index is 559. The Labute approximate surface area is 124 Å². The van der Waals surface area contributed by atoms with Gasteiger partial charge in [0.2, 0.25) is 10.0 Å². The number of nitrogens with one attached hydrogen (secondary N) is 1. The standard InChI is InChI=1S/C13H20N2O5S/c1-10-8-15(9-11(2)20-10)21(17,18)7-5-14-13(16)12-4-3-6-19-12/h3-4,6,10-11H,5,7-9H2,1-2H3,(H,14,16)/t10-,11-/m0/s1. The predicted molar refractivity (Wildman–Crippen MR) is 76.4 cm³/mol. The molecule has 0 radical (unpaired) electrons. The van der Waals surface area contributed by atoms with Gasteiger partial charge in [-0.15, -0.1) is 0 Å². The number of ether oxygens (including phenoxy) is 1. The second-order valence-corrected chi connectivity index (χ2v) is 7.21. The second-order valence-electron chi connectivity index (χ2n) is 5.12. The van der Waals surface area contributed by atoms with E-state index in [0.717, 1.165) is 0 Å². The van der Waals surface area contributed by atoms with Gasteiger partial charge in [-0.25, -0.2) is 8.42 Å². The van der Waals surface area contributed by atoms with Crippen molar-refractivity contribution in [3.8, 4) is 0 Å². The summed E-state index contributed by atoms with van der Waals surface area (Å²) < 4.78 is 36.4. The average Bonchev–Trinajstić information content (AvgIpc) is 2.91. The summed E-state index contributed by atoms with van der Waals surface area (Å²) in [5.41, 5.74) is 0. The van der Waals surface area contributed by atoms with Crippen molar-refractivity contribution >= 4 is 15.9 Å². The number of morpholine rings is 1. The van der Waals surface area contributed by atoms with Gasteiger partial charge < -0.3 is 14.5 Å². The van der Waals surface area contributed by atoms with Gasteiger partial charge in [-0.3, -0.25) is 4.79 Å². The fourth-order valence-electron chi connectivity index (χ4n) is 2.28. The number of furan rings is 1. The fourth-order valence-corrected chi connectivity index (χ4v) is 3.77. The molecule has 1 aromatic rings. The zero-order valence-corrected chi connectivity index (χ0v) is 12.9. The number of nitrogens with zero attached hydrogens (tertiary/aromatic N) is 1. The maximum atomic E-state index is 12.2. The normalized spacial score (nSPS) is 23.9. The molecular weight excluding hydrogens is 296 g/mol. The zero-order chi connectivity index (χ0) is 15.5. The van der Waals surface area contributed by atoms with Crippen molar-refractivity contribution in [3.05, 3.63) is 24.2 Å². The van der Waals surface area contributed by atoms with Crippen molar-refractivity contribution in [2.24, 2.45) is 0 Å². The first-order valence-corrected chi connectivity index (χ1v) is 8.44. The van der Waals surface area contributed by atoms with E-state index in [1.54, 1.807) is 6.07 Å². The molecule has 0 bridgehead atoms. The summed E-state index contributed by atoms with van der Waals surface area (Å²) in [4.78, 5) is 11.6. The van der Waals surface area contributed by atoms with Gasteiger partial charge >= 0.3 is 0 Å². The summed E-state index contributed by atoms with van der Waals surface area (Å²) in [6.07, 6.45) is 1.14. The van der Waals surface area contributed by atoms with E-state index in [1.807, 2.05) is 13.8 Å². The van der Waals surface area contributed by atoms with Crippen LogP contribution in [0, 0.1) is 0 Å². The summed E-state index contributed by atoms with van der Waals surface area (Å²) in [7, 11) is -3.41. The van der Waals surface area contributed by atoms with E-state index in [2.05, 4.69) is 5.32 Å². The van der Waals surface area contributed by atoms with Gasteiger partial charge in [-0.05, 0) is 26.0 Å². The number of rotatable bonds is 5. The third-order valence-electron chi connectivity index (χ3n) is 3.17. The Hall–Kier alpha value is -1.38. The summed E-state index contributed by atoms with van der Waals surface area (Å²) in [6, 6.07) is 3.12. The van der Waals surface area contributed by atoms with Crippen LogP contribution in [0.15, 0.2) is 22.8 Å². The number of hydrogen-bond donors (Lipinski definition) is 1. The molecule has 21 heavy (non-hydrogen) atoms. The quantitative estimate of drug-likeness (QED) is 0.852. The minimum absolute atomic E-state index is 0.0436. The van der Waals surface area contributed by atoms with Crippen LogP contribution >= 0.6 is 0 Å². The Morgan fingerprint density at radius 1 is 1.38 bits per heavy atom. The Morgan fingerprint density at radius 2 is 2.05 bits per heavy atom. The molecule has 0 aliphatic carbocycles. The maximum absolute atomic E-state index is 12.2. The molecule has 0 spiro atoms. The van der Waals surface area contributed by atoms with Crippen molar-refractivity contribution in [1.29, 1.82) is 0 Å². The molecule has 1 saturated heterocycles. The van der Waals surface area contributed by atoms with Crippen molar-refractivity contribution in [3.63, 3.8) is 0 Å². The van der Waals surface area contributed by atoms with E-state index in [-0.39, 0.29) is 30.3 Å². The van der Waals surface area contributed by atoms with Crippen LogP contribution < -0.4 is 5.32 Å². The number of carbonyl (C=O) groups is 1. The summed E-state index contributed by atoms with van der Waals surface area (Å²) in [5, 5.41) is 2.53. The first-order chi connectivity index (χ1) is 9.88. The molecule has 1 amide bonds. The Balaban J connectivity index is 1.85. The SMILES string of the molecule is C[C@H]1CN(S(=O)(=O)CCNC(=O)c2ccco2)C[C@H](C)O1. The highest BCUT2D eigenvalue weighted by atomic mass is 32.2. The highest BCUT2D eigenvalue weighted by Gasteiger charge is 2.30. The van der Waals surface area contributed by atoms with Crippen LogP contribution in [-0.2, 0) is 14.8 Å². The molecule has 1 aliphatic rings. The van der Waals surface area contributed by atoms with E-state index >= 15 is 0 Å². The van der Waals surface area contributed by atoms with Crippen molar-refractivity contribution in [2.45, 2.75) is 26.1 Å². The zero-order valence-electron chi connectivity index (χ0n) is 12.1. The van der Waals surface area contributed by atoms with Gasteiger partial charge in [0.15, 0.2) is 5.76 Å². The highest BCUT2D eigenvalue weighted by molar-refractivity contribution is 7.89. The van der Waals surface area contributed by atoms with Crippen LogP contribution in [0.1, 0.15) is 24.4 Å². The minimum Gasteiger partial charge on any atom is -0.459 e. The Morgan fingerprint density at radius 3 is 2.62 bits per heavy atom. The molecule has 2 heterocycles. The van der Waals surface area contributed by atoms with Crippen molar-refractivity contribution < 1.29 is 22.4 Å². The fraction of sp³-hybridized carbons (Fsp3) is 0.615. The topological polar surface area (TPSA) is 88.9 Å². The molecule has 0 aromatic carbocycles. The molecule has 1 aliphatic heterocycles. The van der Waals surface area contributed by atoms with E-state index in [0.29, 0.717) is 13.1 Å². The number of sulfonamides is 1. The van der Waals surface area contributed by atoms with Crippen molar-refractivity contribution in [1.82, 2.24) is 9.62 Å². The van der Waals surface area contributed by atoms with E-state index < -0.39 is 15.9 Å². The first kappa shape index (κ1) is 16.0. The molecule has 2 atom stereocenters. The smallest absolute Gasteiger partial charge is 0.287 e. The highest BCUT2D eigenvalue weighted by Crippen LogP contribution is 2.14. The van der Waals surface area contributed by atoms with Gasteiger partial charge in [-0.2, -0.15) is 4.31 Å². The molecule has 1 fully saturated rings. The van der Waals surface area contributed by atoms with Crippen LogP contribution in [0.3, 0.4) is 0 Å². The average molecular weight is 316 g/mol. The van der Waals surface area contributed by atoms with Gasteiger partial charge in [0.05, 0.1) is 24.2 Å². The van der Waals surface area contributed by atoms with Crippen molar-refractivity contribution in [2.75, 3.05) is 25.4 Å².